The van der Waals surface area contributed by atoms with E-state index < -0.39 is 11.4 Å². The van der Waals surface area contributed by atoms with Gasteiger partial charge in [-0.3, -0.25) is 9.89 Å². The van der Waals surface area contributed by atoms with E-state index in [1.54, 1.807) is 50.4 Å². The van der Waals surface area contributed by atoms with Crippen LogP contribution in [0.1, 0.15) is 29.9 Å². The average molecular weight is 324 g/mol. The number of benzene rings is 1. The first-order valence-electron chi connectivity index (χ1n) is 7.33. The van der Waals surface area contributed by atoms with Gasteiger partial charge in [0.1, 0.15) is 5.82 Å². The third kappa shape index (κ3) is 2.60. The average Bonchev–Trinajstić information content (AvgIpc) is 3.10. The second-order valence-electron chi connectivity index (χ2n) is 5.92. The molecule has 3 aromatic rings. The summed E-state index contributed by atoms with van der Waals surface area (Å²) in [5.41, 5.74) is -0.0759. The molecular formula is C17H16N4O3. The van der Waals surface area contributed by atoms with Gasteiger partial charge in [-0.1, -0.05) is 24.3 Å². The maximum absolute atomic E-state index is 12.7. The fourth-order valence-electron chi connectivity index (χ4n) is 2.45. The molecule has 0 spiro atoms. The summed E-state index contributed by atoms with van der Waals surface area (Å²) in [5, 5.41) is 19.8. The summed E-state index contributed by atoms with van der Waals surface area (Å²) in [7, 11) is 0. The van der Waals surface area contributed by atoms with Gasteiger partial charge < -0.3 is 10.4 Å². The topological polar surface area (TPSA) is 108 Å². The lowest BCUT2D eigenvalue weighted by Crippen LogP contribution is -2.35. The van der Waals surface area contributed by atoms with Crippen molar-refractivity contribution in [3.05, 3.63) is 54.0 Å². The molecule has 0 saturated heterocycles. The molecule has 7 nitrogen and oxygen atoms in total. The maximum Gasteiger partial charge on any atom is 0.337 e. The first-order chi connectivity index (χ1) is 11.4. The molecule has 0 saturated carbocycles. The fourth-order valence-corrected chi connectivity index (χ4v) is 2.45. The summed E-state index contributed by atoms with van der Waals surface area (Å²) in [6, 6.07) is 8.67. The SMILES string of the molecule is CC(C)(C(=O)Nc1ncc(C(=O)O)c2ccccc12)c1ccn[nH]1. The first kappa shape index (κ1) is 15.7. The van der Waals surface area contributed by atoms with Gasteiger partial charge in [-0.2, -0.15) is 5.10 Å². The van der Waals surface area contributed by atoms with E-state index in [-0.39, 0.29) is 11.5 Å². The minimum Gasteiger partial charge on any atom is -0.478 e. The van der Waals surface area contributed by atoms with E-state index in [2.05, 4.69) is 20.5 Å². The van der Waals surface area contributed by atoms with Crippen LogP contribution in [0.5, 0.6) is 0 Å². The van der Waals surface area contributed by atoms with Crippen LogP contribution in [0.4, 0.5) is 5.82 Å². The molecule has 0 fully saturated rings. The van der Waals surface area contributed by atoms with Crippen molar-refractivity contribution < 1.29 is 14.7 Å². The van der Waals surface area contributed by atoms with Crippen LogP contribution in [0.2, 0.25) is 0 Å². The van der Waals surface area contributed by atoms with Crippen LogP contribution in [-0.4, -0.2) is 32.2 Å². The number of carbonyl (C=O) groups is 2. The molecule has 3 N–H and O–H groups in total. The number of amides is 1. The molecule has 0 aliphatic carbocycles. The normalized spacial score (nSPS) is 11.4. The van der Waals surface area contributed by atoms with E-state index >= 15 is 0 Å². The molecule has 7 heteroatoms. The minimum atomic E-state index is -1.06. The minimum absolute atomic E-state index is 0.0939. The summed E-state index contributed by atoms with van der Waals surface area (Å²) in [6.45, 7) is 3.54. The Balaban J connectivity index is 2.01. The summed E-state index contributed by atoms with van der Waals surface area (Å²) in [5.74, 6) is -1.00. The smallest absolute Gasteiger partial charge is 0.337 e. The fraction of sp³-hybridized carbons (Fsp3) is 0.176. The first-order valence-corrected chi connectivity index (χ1v) is 7.33. The van der Waals surface area contributed by atoms with Gasteiger partial charge in [-0.25, -0.2) is 9.78 Å². The quantitative estimate of drug-likeness (QED) is 0.683. The maximum atomic E-state index is 12.7. The standard InChI is InChI=1S/C17H16N4O3/c1-17(2,13-7-8-19-21-13)16(24)20-14-11-6-4-3-5-10(11)12(9-18-14)15(22)23/h3-9H,1-2H3,(H,19,21)(H,22,23)(H,18,20,24). The molecule has 1 amide bonds. The van der Waals surface area contributed by atoms with Crippen molar-refractivity contribution >= 4 is 28.5 Å². The molecule has 0 bridgehead atoms. The Morgan fingerprint density at radius 1 is 1.17 bits per heavy atom. The highest BCUT2D eigenvalue weighted by atomic mass is 16.4. The van der Waals surface area contributed by atoms with Gasteiger partial charge in [-0.15, -0.1) is 0 Å². The number of pyridine rings is 1. The van der Waals surface area contributed by atoms with Crippen molar-refractivity contribution in [3.8, 4) is 0 Å². The molecule has 2 aromatic heterocycles. The van der Waals surface area contributed by atoms with Gasteiger partial charge in [0, 0.05) is 23.2 Å². The van der Waals surface area contributed by atoms with Gasteiger partial charge in [-0.05, 0) is 19.9 Å². The number of hydrogen-bond donors (Lipinski definition) is 3. The molecule has 0 atom stereocenters. The monoisotopic (exact) mass is 324 g/mol. The van der Waals surface area contributed by atoms with E-state index in [0.29, 0.717) is 22.3 Å². The summed E-state index contributed by atoms with van der Waals surface area (Å²) in [6.07, 6.45) is 2.84. The Morgan fingerprint density at radius 2 is 1.88 bits per heavy atom. The molecule has 1 aromatic carbocycles. The summed E-state index contributed by atoms with van der Waals surface area (Å²) in [4.78, 5) is 28.1. The predicted molar refractivity (Wildman–Crippen MR) is 88.9 cm³/mol. The highest BCUT2D eigenvalue weighted by Crippen LogP contribution is 2.27. The van der Waals surface area contributed by atoms with Gasteiger partial charge in [0.15, 0.2) is 0 Å². The number of H-pyrrole nitrogens is 1. The second kappa shape index (κ2) is 5.77. The van der Waals surface area contributed by atoms with Crippen molar-refractivity contribution in [2.75, 3.05) is 5.32 Å². The van der Waals surface area contributed by atoms with E-state index in [1.807, 2.05) is 0 Å². The predicted octanol–water partition coefficient (Wildman–Crippen LogP) is 2.57. The van der Waals surface area contributed by atoms with Crippen molar-refractivity contribution in [2.45, 2.75) is 19.3 Å². The summed E-state index contributed by atoms with van der Waals surface area (Å²) >= 11 is 0. The van der Waals surface area contributed by atoms with Crippen LogP contribution in [0.25, 0.3) is 10.8 Å². The zero-order valence-corrected chi connectivity index (χ0v) is 13.2. The van der Waals surface area contributed by atoms with Crippen LogP contribution >= 0.6 is 0 Å². The lowest BCUT2D eigenvalue weighted by Gasteiger charge is -2.22. The summed E-state index contributed by atoms with van der Waals surface area (Å²) < 4.78 is 0. The molecular weight excluding hydrogens is 308 g/mol. The Morgan fingerprint density at radius 3 is 2.50 bits per heavy atom. The molecule has 3 rings (SSSR count). The third-order valence-electron chi connectivity index (χ3n) is 4.00. The van der Waals surface area contributed by atoms with E-state index in [9.17, 15) is 14.7 Å². The number of aromatic carboxylic acids is 1. The molecule has 0 aliphatic rings. The zero-order chi connectivity index (χ0) is 17.3. The Kier molecular flexibility index (Phi) is 3.76. The van der Waals surface area contributed by atoms with Crippen molar-refractivity contribution in [1.29, 1.82) is 0 Å². The molecule has 24 heavy (non-hydrogen) atoms. The van der Waals surface area contributed by atoms with E-state index in [1.165, 1.54) is 6.20 Å². The number of rotatable bonds is 4. The molecule has 0 aliphatic heterocycles. The van der Waals surface area contributed by atoms with Crippen molar-refractivity contribution in [2.24, 2.45) is 0 Å². The lowest BCUT2D eigenvalue weighted by molar-refractivity contribution is -0.120. The number of aromatic nitrogens is 3. The Bertz CT molecular complexity index is 917. The third-order valence-corrected chi connectivity index (χ3v) is 4.00. The van der Waals surface area contributed by atoms with Crippen molar-refractivity contribution in [3.63, 3.8) is 0 Å². The number of anilines is 1. The van der Waals surface area contributed by atoms with Gasteiger partial charge >= 0.3 is 5.97 Å². The van der Waals surface area contributed by atoms with Crippen LogP contribution in [-0.2, 0) is 10.2 Å². The number of carboxylic acids is 1. The van der Waals surface area contributed by atoms with Crippen LogP contribution in [0.15, 0.2) is 42.7 Å². The Labute approximate surface area is 137 Å². The number of carbonyl (C=O) groups excluding carboxylic acids is 1. The number of fused-ring (bicyclic) bond motifs is 1. The molecule has 0 radical (unpaired) electrons. The van der Waals surface area contributed by atoms with Gasteiger partial charge in [0.25, 0.3) is 0 Å². The number of aromatic amines is 1. The van der Waals surface area contributed by atoms with Gasteiger partial charge in [0.2, 0.25) is 5.91 Å². The number of carboxylic acid groups (broad SMARTS) is 1. The van der Waals surface area contributed by atoms with Crippen LogP contribution in [0, 0.1) is 0 Å². The van der Waals surface area contributed by atoms with Gasteiger partial charge in [0.05, 0.1) is 16.7 Å². The van der Waals surface area contributed by atoms with Crippen LogP contribution < -0.4 is 5.32 Å². The highest BCUT2D eigenvalue weighted by Gasteiger charge is 2.32. The number of nitrogens with one attached hydrogen (secondary N) is 2. The zero-order valence-electron chi connectivity index (χ0n) is 13.2. The van der Waals surface area contributed by atoms with Crippen molar-refractivity contribution in [1.82, 2.24) is 15.2 Å². The number of hydrogen-bond acceptors (Lipinski definition) is 4. The Hall–Kier alpha value is -3.22. The largest absolute Gasteiger partial charge is 0.478 e. The molecule has 122 valence electrons. The van der Waals surface area contributed by atoms with E-state index in [4.69, 9.17) is 0 Å². The second-order valence-corrected chi connectivity index (χ2v) is 5.92. The molecule has 0 unspecified atom stereocenters. The van der Waals surface area contributed by atoms with E-state index in [0.717, 1.165) is 0 Å². The van der Waals surface area contributed by atoms with Crippen LogP contribution in [0.3, 0.4) is 0 Å². The highest BCUT2D eigenvalue weighted by molar-refractivity contribution is 6.09. The molecule has 2 heterocycles. The lowest BCUT2D eigenvalue weighted by atomic mass is 9.88. The number of nitrogens with zero attached hydrogens (tertiary/aromatic N) is 2.